The number of anilines is 1. The summed E-state index contributed by atoms with van der Waals surface area (Å²) in [5.41, 5.74) is 2.85. The predicted octanol–water partition coefficient (Wildman–Crippen LogP) is 3.88. The van der Waals surface area contributed by atoms with E-state index in [1.54, 1.807) is 0 Å². The number of amides is 1. The van der Waals surface area contributed by atoms with Gasteiger partial charge in [-0.3, -0.25) is 4.79 Å². The number of piperazine rings is 1. The smallest absolute Gasteiger partial charge is 0.248 e. The monoisotopic (exact) mass is 484 g/mol. The van der Waals surface area contributed by atoms with Crippen molar-refractivity contribution in [2.75, 3.05) is 37.7 Å². The third kappa shape index (κ3) is 5.39. The van der Waals surface area contributed by atoms with Crippen molar-refractivity contribution >= 4 is 22.8 Å². The van der Waals surface area contributed by atoms with Crippen molar-refractivity contribution in [2.24, 2.45) is 5.92 Å². The standard InChI is InChI=1S/C28H32N6O2/c1-21(2)17-25-30-27(24-18-29-34(28(24)31-25)23-11-7-4-8-12-23)33-15-13-32(14-16-33)26(35)20-36-19-22-9-5-3-6-10-22/h3-12,18,21H,13-17,19-20H2,1-2H3. The Labute approximate surface area is 211 Å². The van der Waals surface area contributed by atoms with Crippen LogP contribution in [0.2, 0.25) is 0 Å². The molecule has 5 rings (SSSR count). The molecule has 0 radical (unpaired) electrons. The molecule has 0 saturated carbocycles. The lowest BCUT2D eigenvalue weighted by molar-refractivity contribution is -0.136. The first-order valence-electron chi connectivity index (χ1n) is 12.5. The highest BCUT2D eigenvalue weighted by Crippen LogP contribution is 2.27. The van der Waals surface area contributed by atoms with Crippen LogP contribution in [0, 0.1) is 5.92 Å². The van der Waals surface area contributed by atoms with Crippen molar-refractivity contribution in [3.05, 3.63) is 78.2 Å². The molecule has 0 unspecified atom stereocenters. The van der Waals surface area contributed by atoms with Gasteiger partial charge in [-0.2, -0.15) is 5.10 Å². The van der Waals surface area contributed by atoms with Gasteiger partial charge in [0.05, 0.1) is 23.9 Å². The van der Waals surface area contributed by atoms with Crippen LogP contribution in [0.4, 0.5) is 5.82 Å². The second-order valence-electron chi connectivity index (χ2n) is 9.54. The Kier molecular flexibility index (Phi) is 7.23. The van der Waals surface area contributed by atoms with E-state index in [0.29, 0.717) is 38.7 Å². The number of hydrogen-bond donors (Lipinski definition) is 0. The number of aromatic nitrogens is 4. The Hall–Kier alpha value is -3.78. The molecule has 186 valence electrons. The topological polar surface area (TPSA) is 76.4 Å². The molecule has 1 amide bonds. The van der Waals surface area contributed by atoms with Gasteiger partial charge < -0.3 is 14.5 Å². The minimum atomic E-state index is 0.0239. The number of ether oxygens (including phenoxy) is 1. The zero-order chi connectivity index (χ0) is 24.9. The fourth-order valence-corrected chi connectivity index (χ4v) is 4.48. The summed E-state index contributed by atoms with van der Waals surface area (Å²) in [6.45, 7) is 7.54. The highest BCUT2D eigenvalue weighted by Gasteiger charge is 2.25. The quantitative estimate of drug-likeness (QED) is 0.378. The van der Waals surface area contributed by atoms with E-state index in [1.807, 2.05) is 76.4 Å². The van der Waals surface area contributed by atoms with Gasteiger partial charge in [0, 0.05) is 32.6 Å². The van der Waals surface area contributed by atoms with Crippen LogP contribution in [-0.4, -0.2) is 63.3 Å². The lowest BCUT2D eigenvalue weighted by Crippen LogP contribution is -2.50. The van der Waals surface area contributed by atoms with Gasteiger partial charge in [0.1, 0.15) is 18.2 Å². The third-order valence-electron chi connectivity index (χ3n) is 6.32. The number of para-hydroxylation sites is 1. The summed E-state index contributed by atoms with van der Waals surface area (Å²) < 4.78 is 7.55. The first-order chi connectivity index (χ1) is 17.6. The molecule has 1 saturated heterocycles. The van der Waals surface area contributed by atoms with Crippen LogP contribution < -0.4 is 4.90 Å². The van der Waals surface area contributed by atoms with Crippen molar-refractivity contribution in [3.63, 3.8) is 0 Å². The molecule has 8 heteroatoms. The molecule has 0 bridgehead atoms. The van der Waals surface area contributed by atoms with Gasteiger partial charge in [-0.1, -0.05) is 62.4 Å². The number of benzene rings is 2. The molecule has 3 heterocycles. The average molecular weight is 485 g/mol. The first kappa shape index (κ1) is 23.9. The van der Waals surface area contributed by atoms with Gasteiger partial charge in [0.2, 0.25) is 5.91 Å². The Balaban J connectivity index is 1.30. The van der Waals surface area contributed by atoms with Crippen molar-refractivity contribution in [3.8, 4) is 5.69 Å². The number of carbonyl (C=O) groups is 1. The first-order valence-corrected chi connectivity index (χ1v) is 12.5. The van der Waals surface area contributed by atoms with Crippen LogP contribution in [-0.2, 0) is 22.6 Å². The normalized spacial score (nSPS) is 14.1. The number of carbonyl (C=O) groups excluding carboxylic acids is 1. The van der Waals surface area contributed by atoms with Crippen molar-refractivity contribution < 1.29 is 9.53 Å². The number of fused-ring (bicyclic) bond motifs is 1. The summed E-state index contributed by atoms with van der Waals surface area (Å²) in [6.07, 6.45) is 2.64. The maximum atomic E-state index is 12.7. The van der Waals surface area contributed by atoms with Crippen LogP contribution in [0.3, 0.4) is 0 Å². The Morgan fingerprint density at radius 3 is 2.33 bits per heavy atom. The minimum Gasteiger partial charge on any atom is -0.367 e. The van der Waals surface area contributed by atoms with Crippen LogP contribution in [0.1, 0.15) is 25.2 Å². The Morgan fingerprint density at radius 2 is 1.64 bits per heavy atom. The molecule has 8 nitrogen and oxygen atoms in total. The molecule has 36 heavy (non-hydrogen) atoms. The highest BCUT2D eigenvalue weighted by molar-refractivity contribution is 5.88. The molecule has 0 aliphatic carbocycles. The van der Waals surface area contributed by atoms with Crippen LogP contribution in [0.25, 0.3) is 16.7 Å². The molecule has 1 aliphatic heterocycles. The molecule has 2 aromatic heterocycles. The van der Waals surface area contributed by atoms with E-state index in [-0.39, 0.29) is 12.5 Å². The van der Waals surface area contributed by atoms with Crippen LogP contribution in [0.5, 0.6) is 0 Å². The second-order valence-corrected chi connectivity index (χ2v) is 9.54. The molecule has 0 spiro atoms. The molecule has 0 N–H and O–H groups in total. The zero-order valence-electron chi connectivity index (χ0n) is 20.9. The SMILES string of the molecule is CC(C)Cc1nc(N2CCN(C(=O)COCc3ccccc3)CC2)c2cnn(-c3ccccc3)c2n1. The molecule has 2 aromatic carbocycles. The largest absolute Gasteiger partial charge is 0.367 e. The van der Waals surface area contributed by atoms with Gasteiger partial charge in [-0.25, -0.2) is 14.6 Å². The van der Waals surface area contributed by atoms with E-state index in [0.717, 1.165) is 40.3 Å². The fourth-order valence-electron chi connectivity index (χ4n) is 4.48. The lowest BCUT2D eigenvalue weighted by Gasteiger charge is -2.35. The maximum Gasteiger partial charge on any atom is 0.248 e. The summed E-state index contributed by atoms with van der Waals surface area (Å²) in [5.74, 6) is 2.17. The Bertz CT molecular complexity index is 1300. The number of hydrogen-bond acceptors (Lipinski definition) is 6. The second kappa shape index (κ2) is 10.9. The van der Waals surface area contributed by atoms with E-state index in [4.69, 9.17) is 14.7 Å². The molecule has 1 aliphatic rings. The third-order valence-corrected chi connectivity index (χ3v) is 6.32. The highest BCUT2D eigenvalue weighted by atomic mass is 16.5. The van der Waals surface area contributed by atoms with E-state index >= 15 is 0 Å². The van der Waals surface area contributed by atoms with E-state index in [1.165, 1.54) is 0 Å². The van der Waals surface area contributed by atoms with Gasteiger partial charge in [0.25, 0.3) is 0 Å². The summed E-state index contributed by atoms with van der Waals surface area (Å²) in [4.78, 5) is 26.7. The van der Waals surface area contributed by atoms with Gasteiger partial charge in [0.15, 0.2) is 5.65 Å². The van der Waals surface area contributed by atoms with Crippen molar-refractivity contribution in [2.45, 2.75) is 26.9 Å². The molecule has 4 aromatic rings. The van der Waals surface area contributed by atoms with Gasteiger partial charge in [-0.15, -0.1) is 0 Å². The van der Waals surface area contributed by atoms with E-state index in [2.05, 4.69) is 23.8 Å². The van der Waals surface area contributed by atoms with Crippen LogP contribution >= 0.6 is 0 Å². The van der Waals surface area contributed by atoms with Gasteiger partial charge >= 0.3 is 0 Å². The average Bonchev–Trinajstić information content (AvgIpc) is 3.33. The van der Waals surface area contributed by atoms with Crippen molar-refractivity contribution in [1.29, 1.82) is 0 Å². The summed E-state index contributed by atoms with van der Waals surface area (Å²) in [6, 6.07) is 20.0. The number of rotatable bonds is 8. The maximum absolute atomic E-state index is 12.7. The molecule has 0 atom stereocenters. The zero-order valence-corrected chi connectivity index (χ0v) is 20.9. The minimum absolute atomic E-state index is 0.0239. The summed E-state index contributed by atoms with van der Waals surface area (Å²) in [7, 11) is 0. The Morgan fingerprint density at radius 1 is 0.944 bits per heavy atom. The molecular weight excluding hydrogens is 452 g/mol. The van der Waals surface area contributed by atoms with E-state index in [9.17, 15) is 4.79 Å². The van der Waals surface area contributed by atoms with Gasteiger partial charge in [-0.05, 0) is 23.6 Å². The predicted molar refractivity (Wildman–Crippen MR) is 140 cm³/mol. The lowest BCUT2D eigenvalue weighted by atomic mass is 10.1. The van der Waals surface area contributed by atoms with Crippen molar-refractivity contribution in [1.82, 2.24) is 24.6 Å². The summed E-state index contributed by atoms with van der Waals surface area (Å²) >= 11 is 0. The molecular formula is C28H32N6O2. The van der Waals surface area contributed by atoms with Crippen LogP contribution in [0.15, 0.2) is 66.9 Å². The number of nitrogens with zero attached hydrogens (tertiary/aromatic N) is 6. The fraction of sp³-hybridized carbons (Fsp3) is 0.357. The molecule has 1 fully saturated rings. The van der Waals surface area contributed by atoms with E-state index < -0.39 is 0 Å². The summed E-state index contributed by atoms with van der Waals surface area (Å²) in [5, 5.41) is 5.58.